The molecule has 26 heavy (non-hydrogen) atoms. The molecule has 3 rings (SSSR count). The van der Waals surface area contributed by atoms with Gasteiger partial charge in [0.05, 0.1) is 6.04 Å². The summed E-state index contributed by atoms with van der Waals surface area (Å²) >= 11 is 0. The van der Waals surface area contributed by atoms with Crippen LogP contribution in [0.25, 0.3) is 0 Å². The smallest absolute Gasteiger partial charge is 0.308 e. The van der Waals surface area contributed by atoms with Gasteiger partial charge in [0.1, 0.15) is 5.75 Å². The van der Waals surface area contributed by atoms with Crippen molar-refractivity contribution in [3.8, 4) is 17.6 Å². The van der Waals surface area contributed by atoms with E-state index in [1.54, 1.807) is 24.3 Å². The van der Waals surface area contributed by atoms with Gasteiger partial charge in [-0.1, -0.05) is 11.8 Å². The second-order valence-electron chi connectivity index (χ2n) is 6.08. The van der Waals surface area contributed by atoms with Crippen LogP contribution in [0.1, 0.15) is 30.9 Å². The Kier molecular flexibility index (Phi) is 5.67. The molecule has 1 aliphatic heterocycles. The zero-order valence-electron chi connectivity index (χ0n) is 14.5. The Hall–Kier alpha value is -3.10. The number of carbonyl (C=O) groups excluding carboxylic acids is 2. The molecule has 0 bridgehead atoms. The van der Waals surface area contributed by atoms with Crippen molar-refractivity contribution < 1.29 is 14.3 Å². The van der Waals surface area contributed by atoms with Gasteiger partial charge in [-0.2, -0.15) is 0 Å². The first-order chi connectivity index (χ1) is 12.6. The summed E-state index contributed by atoms with van der Waals surface area (Å²) in [6.45, 7) is 2.26. The third-order valence-corrected chi connectivity index (χ3v) is 4.00. The number of benzene rings is 2. The number of carbonyl (C=O) groups is 2. The molecule has 0 radical (unpaired) electrons. The topological polar surface area (TPSA) is 67.4 Å². The van der Waals surface area contributed by atoms with Crippen molar-refractivity contribution in [3.63, 3.8) is 0 Å². The average molecular weight is 348 g/mol. The first kappa shape index (κ1) is 17.7. The molecule has 2 aromatic rings. The number of hydrogen-bond donors (Lipinski definition) is 2. The second-order valence-corrected chi connectivity index (χ2v) is 6.08. The summed E-state index contributed by atoms with van der Waals surface area (Å²) in [4.78, 5) is 23.0. The van der Waals surface area contributed by atoms with E-state index >= 15 is 0 Å². The van der Waals surface area contributed by atoms with Crippen LogP contribution in [-0.4, -0.2) is 24.5 Å². The largest absolute Gasteiger partial charge is 0.427 e. The molecule has 5 heteroatoms. The quantitative estimate of drug-likeness (QED) is 0.508. The highest BCUT2D eigenvalue weighted by Gasteiger charge is 2.21. The number of hydrogen-bond acceptors (Lipinski definition) is 4. The molecule has 1 saturated heterocycles. The van der Waals surface area contributed by atoms with E-state index in [0.717, 1.165) is 36.2 Å². The van der Waals surface area contributed by atoms with Gasteiger partial charge >= 0.3 is 5.97 Å². The van der Waals surface area contributed by atoms with Crippen LogP contribution in [0.2, 0.25) is 0 Å². The van der Waals surface area contributed by atoms with Crippen LogP contribution in [0, 0.1) is 11.8 Å². The summed E-state index contributed by atoms with van der Waals surface area (Å²) in [5.74, 6) is 6.29. The number of ether oxygens (including phenoxy) is 1. The number of esters is 1. The van der Waals surface area contributed by atoms with Crippen LogP contribution in [0.4, 0.5) is 5.69 Å². The lowest BCUT2D eigenvalue weighted by atomic mass is 10.1. The second kappa shape index (κ2) is 8.32. The van der Waals surface area contributed by atoms with Gasteiger partial charge in [0.15, 0.2) is 0 Å². The Balaban J connectivity index is 1.60. The first-order valence-corrected chi connectivity index (χ1v) is 8.55. The molecule has 0 saturated carbocycles. The van der Waals surface area contributed by atoms with Crippen molar-refractivity contribution >= 4 is 17.6 Å². The Morgan fingerprint density at radius 3 is 2.19 bits per heavy atom. The number of nitrogens with one attached hydrogen (secondary N) is 2. The molecule has 132 valence electrons. The maximum atomic E-state index is 12.1. The molecule has 1 heterocycles. The zero-order valence-corrected chi connectivity index (χ0v) is 14.5. The molecule has 1 aliphatic rings. The van der Waals surface area contributed by atoms with Crippen LogP contribution < -0.4 is 15.4 Å². The molecular weight excluding hydrogens is 328 g/mol. The van der Waals surface area contributed by atoms with E-state index in [-0.39, 0.29) is 17.9 Å². The third-order valence-electron chi connectivity index (χ3n) is 4.00. The van der Waals surface area contributed by atoms with E-state index in [1.165, 1.54) is 6.92 Å². The molecule has 1 fully saturated rings. The van der Waals surface area contributed by atoms with Gasteiger partial charge in [-0.25, -0.2) is 0 Å². The fourth-order valence-electron chi connectivity index (χ4n) is 2.69. The van der Waals surface area contributed by atoms with Gasteiger partial charge in [0.25, 0.3) is 0 Å². The lowest BCUT2D eigenvalue weighted by Crippen LogP contribution is -2.35. The Morgan fingerprint density at radius 1 is 1.04 bits per heavy atom. The minimum Gasteiger partial charge on any atom is -0.427 e. The lowest BCUT2D eigenvalue weighted by molar-refractivity contribution is -0.131. The van der Waals surface area contributed by atoms with E-state index in [9.17, 15) is 9.59 Å². The van der Waals surface area contributed by atoms with E-state index < -0.39 is 0 Å². The molecular formula is C21H20N2O3. The van der Waals surface area contributed by atoms with E-state index in [4.69, 9.17) is 4.74 Å². The Labute approximate surface area is 152 Å². The fourth-order valence-corrected chi connectivity index (χ4v) is 2.69. The van der Waals surface area contributed by atoms with Gasteiger partial charge in [0, 0.05) is 23.7 Å². The summed E-state index contributed by atoms with van der Waals surface area (Å²) in [6, 6.07) is 14.4. The van der Waals surface area contributed by atoms with Crippen molar-refractivity contribution in [3.05, 3.63) is 59.7 Å². The lowest BCUT2D eigenvalue weighted by Gasteiger charge is -2.10. The molecule has 0 unspecified atom stereocenters. The fraction of sp³-hybridized carbons (Fsp3) is 0.238. The molecule has 2 aromatic carbocycles. The average Bonchev–Trinajstić information content (AvgIpc) is 3.17. The standard InChI is InChI=1S/C21H20N2O3/c1-15(24)26-19-12-8-17(9-13-19)5-4-16-6-10-18(11-7-16)23-21(25)20-3-2-14-22-20/h6-13,20,22H,2-3,14H2,1H3,(H,23,25)/t20-/m1/s1. The van der Waals surface area contributed by atoms with E-state index in [1.807, 2.05) is 24.3 Å². The monoisotopic (exact) mass is 348 g/mol. The van der Waals surface area contributed by atoms with Crippen LogP contribution in [0.15, 0.2) is 48.5 Å². The van der Waals surface area contributed by atoms with Crippen LogP contribution in [0.5, 0.6) is 5.75 Å². The van der Waals surface area contributed by atoms with Gasteiger partial charge in [-0.05, 0) is 67.9 Å². The van der Waals surface area contributed by atoms with Gasteiger partial charge in [-0.3, -0.25) is 9.59 Å². The number of rotatable bonds is 3. The van der Waals surface area contributed by atoms with Gasteiger partial charge < -0.3 is 15.4 Å². The Bertz CT molecular complexity index is 840. The minimum absolute atomic E-state index is 0.00852. The van der Waals surface area contributed by atoms with Gasteiger partial charge in [-0.15, -0.1) is 0 Å². The summed E-state index contributed by atoms with van der Waals surface area (Å²) in [5, 5.41) is 6.09. The highest BCUT2D eigenvalue weighted by Crippen LogP contribution is 2.13. The van der Waals surface area contributed by atoms with Crippen molar-refractivity contribution in [2.45, 2.75) is 25.8 Å². The van der Waals surface area contributed by atoms with Crippen molar-refractivity contribution in [1.82, 2.24) is 5.32 Å². The highest BCUT2D eigenvalue weighted by molar-refractivity contribution is 5.95. The number of anilines is 1. The predicted molar refractivity (Wildman–Crippen MR) is 99.8 cm³/mol. The van der Waals surface area contributed by atoms with Crippen LogP contribution in [0.3, 0.4) is 0 Å². The summed E-state index contributed by atoms with van der Waals surface area (Å²) in [5.41, 5.74) is 2.44. The summed E-state index contributed by atoms with van der Waals surface area (Å²) in [7, 11) is 0. The molecule has 1 atom stereocenters. The van der Waals surface area contributed by atoms with E-state index in [2.05, 4.69) is 22.5 Å². The zero-order chi connectivity index (χ0) is 18.4. The van der Waals surface area contributed by atoms with E-state index in [0.29, 0.717) is 5.75 Å². The Morgan fingerprint density at radius 2 is 1.65 bits per heavy atom. The normalized spacial score (nSPS) is 15.7. The van der Waals surface area contributed by atoms with Crippen LogP contribution in [-0.2, 0) is 9.59 Å². The first-order valence-electron chi connectivity index (χ1n) is 8.55. The molecule has 0 aliphatic carbocycles. The highest BCUT2D eigenvalue weighted by atomic mass is 16.5. The minimum atomic E-state index is -0.347. The molecule has 1 amide bonds. The van der Waals surface area contributed by atoms with Crippen molar-refractivity contribution in [2.75, 3.05) is 11.9 Å². The maximum absolute atomic E-state index is 12.1. The third kappa shape index (κ3) is 4.95. The number of amides is 1. The van der Waals surface area contributed by atoms with Crippen LogP contribution >= 0.6 is 0 Å². The summed E-state index contributed by atoms with van der Waals surface area (Å²) in [6.07, 6.45) is 1.92. The predicted octanol–water partition coefficient (Wildman–Crippen LogP) is 2.70. The van der Waals surface area contributed by atoms with Gasteiger partial charge in [0.2, 0.25) is 5.91 Å². The molecule has 5 nitrogen and oxygen atoms in total. The molecule has 0 aromatic heterocycles. The SMILES string of the molecule is CC(=O)Oc1ccc(C#Cc2ccc(NC(=O)[C@H]3CCCN3)cc2)cc1. The molecule has 2 N–H and O–H groups in total. The molecule has 0 spiro atoms. The van der Waals surface area contributed by atoms with Crippen molar-refractivity contribution in [1.29, 1.82) is 0 Å². The van der Waals surface area contributed by atoms with Crippen molar-refractivity contribution in [2.24, 2.45) is 0 Å². The summed E-state index contributed by atoms with van der Waals surface area (Å²) < 4.78 is 4.99. The maximum Gasteiger partial charge on any atom is 0.308 e.